The molecular formula is C20H15N3O5S. The maximum absolute atomic E-state index is 12.2. The number of nitro benzene ring substituents is 2. The molecule has 0 aliphatic carbocycles. The number of carbonyl (C=O) groups is 1. The van der Waals surface area contributed by atoms with Crippen molar-refractivity contribution in [1.29, 1.82) is 0 Å². The van der Waals surface area contributed by atoms with E-state index < -0.39 is 9.85 Å². The molecule has 0 saturated carbocycles. The highest BCUT2D eigenvalue weighted by Gasteiger charge is 2.15. The lowest BCUT2D eigenvalue weighted by atomic mass is 10.1. The number of benzene rings is 3. The summed E-state index contributed by atoms with van der Waals surface area (Å²) in [5, 5.41) is 24.5. The lowest BCUT2D eigenvalue weighted by Crippen LogP contribution is -2.15. The van der Waals surface area contributed by atoms with Crippen LogP contribution in [0.5, 0.6) is 0 Å². The Labute approximate surface area is 169 Å². The SMILES string of the molecule is O=C(Cc1ccccc1[N+](=O)[O-])Nc1ccc(Sc2ccc([N+](=O)[O-])cc2)cc1. The molecule has 1 amide bonds. The van der Waals surface area contributed by atoms with Gasteiger partial charge in [-0.25, -0.2) is 0 Å². The summed E-state index contributed by atoms with van der Waals surface area (Å²) < 4.78 is 0. The summed E-state index contributed by atoms with van der Waals surface area (Å²) in [6, 6.07) is 19.4. The van der Waals surface area contributed by atoms with Crippen molar-refractivity contribution in [2.75, 3.05) is 5.32 Å². The number of rotatable bonds is 7. The Morgan fingerprint density at radius 2 is 1.41 bits per heavy atom. The molecule has 0 aromatic heterocycles. The van der Waals surface area contributed by atoms with Crippen molar-refractivity contribution in [3.05, 3.63) is 98.6 Å². The van der Waals surface area contributed by atoms with Crippen LogP contribution in [0.2, 0.25) is 0 Å². The molecule has 0 heterocycles. The maximum Gasteiger partial charge on any atom is 0.273 e. The van der Waals surface area contributed by atoms with E-state index in [1.165, 1.54) is 30.0 Å². The molecule has 29 heavy (non-hydrogen) atoms. The Morgan fingerprint density at radius 1 is 0.828 bits per heavy atom. The lowest BCUT2D eigenvalue weighted by molar-refractivity contribution is -0.385. The molecule has 9 heteroatoms. The average molecular weight is 409 g/mol. The van der Waals surface area contributed by atoms with Crippen molar-refractivity contribution >= 4 is 34.7 Å². The van der Waals surface area contributed by atoms with E-state index >= 15 is 0 Å². The van der Waals surface area contributed by atoms with E-state index in [0.29, 0.717) is 11.3 Å². The smallest absolute Gasteiger partial charge is 0.273 e. The fourth-order valence-corrected chi connectivity index (χ4v) is 3.41. The molecular weight excluding hydrogens is 394 g/mol. The third-order valence-corrected chi connectivity index (χ3v) is 4.98. The zero-order valence-corrected chi connectivity index (χ0v) is 15.8. The summed E-state index contributed by atoms with van der Waals surface area (Å²) in [5.41, 5.74) is 0.866. The van der Waals surface area contributed by atoms with Crippen LogP contribution >= 0.6 is 11.8 Å². The molecule has 3 aromatic carbocycles. The Kier molecular flexibility index (Phi) is 6.20. The van der Waals surface area contributed by atoms with Crippen molar-refractivity contribution in [3.8, 4) is 0 Å². The standard InChI is InChI=1S/C20H15N3O5S/c24-20(13-14-3-1-2-4-19(14)23(27)28)21-15-5-9-17(10-6-15)29-18-11-7-16(8-12-18)22(25)26/h1-12H,13H2,(H,21,24). The topological polar surface area (TPSA) is 115 Å². The molecule has 0 unspecified atom stereocenters. The van der Waals surface area contributed by atoms with Gasteiger partial charge >= 0.3 is 0 Å². The minimum absolute atomic E-state index is 0.0334. The van der Waals surface area contributed by atoms with Gasteiger partial charge in [-0.3, -0.25) is 25.0 Å². The first-order chi connectivity index (χ1) is 13.9. The van der Waals surface area contributed by atoms with Gasteiger partial charge in [0.25, 0.3) is 11.4 Å². The number of anilines is 1. The molecule has 0 aliphatic rings. The number of carbonyl (C=O) groups excluding carboxylic acids is 1. The van der Waals surface area contributed by atoms with Gasteiger partial charge in [0.05, 0.1) is 16.3 Å². The highest BCUT2D eigenvalue weighted by molar-refractivity contribution is 7.99. The lowest BCUT2D eigenvalue weighted by Gasteiger charge is -2.07. The van der Waals surface area contributed by atoms with Crippen LogP contribution in [-0.4, -0.2) is 15.8 Å². The molecule has 3 rings (SSSR count). The Hall–Kier alpha value is -3.72. The first-order valence-corrected chi connectivity index (χ1v) is 9.28. The predicted octanol–water partition coefficient (Wildman–Crippen LogP) is 4.84. The molecule has 1 N–H and O–H groups in total. The molecule has 8 nitrogen and oxygen atoms in total. The normalized spacial score (nSPS) is 10.3. The van der Waals surface area contributed by atoms with Crippen molar-refractivity contribution in [2.45, 2.75) is 16.2 Å². The van der Waals surface area contributed by atoms with Crippen LogP contribution in [0.25, 0.3) is 0 Å². The van der Waals surface area contributed by atoms with Crippen molar-refractivity contribution in [1.82, 2.24) is 0 Å². The third kappa shape index (κ3) is 5.39. The fourth-order valence-electron chi connectivity index (χ4n) is 2.59. The summed E-state index contributed by atoms with van der Waals surface area (Å²) in [6.07, 6.45) is -0.101. The number of hydrogen-bond acceptors (Lipinski definition) is 6. The van der Waals surface area contributed by atoms with Crippen LogP contribution < -0.4 is 5.32 Å². The third-order valence-electron chi connectivity index (χ3n) is 3.96. The van der Waals surface area contributed by atoms with Crippen LogP contribution in [0.3, 0.4) is 0 Å². The van der Waals surface area contributed by atoms with Gasteiger partial charge in [-0.05, 0) is 36.4 Å². The molecule has 0 bridgehead atoms. The summed E-state index contributed by atoms with van der Waals surface area (Å²) in [6.45, 7) is 0. The number of para-hydroxylation sites is 1. The maximum atomic E-state index is 12.2. The van der Waals surface area contributed by atoms with Crippen LogP contribution in [0.15, 0.2) is 82.6 Å². The van der Waals surface area contributed by atoms with Gasteiger partial charge in [0.1, 0.15) is 0 Å². The Bertz CT molecular complexity index is 1050. The number of nitrogens with one attached hydrogen (secondary N) is 1. The second-order valence-corrected chi connectivity index (χ2v) is 7.14. The number of nitrogens with zero attached hydrogens (tertiary/aromatic N) is 2. The van der Waals surface area contributed by atoms with Crippen molar-refractivity contribution < 1.29 is 14.6 Å². The first-order valence-electron chi connectivity index (χ1n) is 8.47. The monoisotopic (exact) mass is 409 g/mol. The van der Waals surface area contributed by atoms with Crippen LogP contribution in [0.1, 0.15) is 5.56 Å². The van der Waals surface area contributed by atoms with Gasteiger partial charge in [-0.15, -0.1) is 0 Å². The minimum Gasteiger partial charge on any atom is -0.326 e. The number of hydrogen-bond donors (Lipinski definition) is 1. The number of non-ortho nitro benzene ring substituents is 1. The van der Waals surface area contributed by atoms with E-state index in [9.17, 15) is 25.0 Å². The zero-order chi connectivity index (χ0) is 20.8. The van der Waals surface area contributed by atoms with Gasteiger partial charge < -0.3 is 5.32 Å². The number of nitro groups is 2. The summed E-state index contributed by atoms with van der Waals surface area (Å²) >= 11 is 1.43. The Morgan fingerprint density at radius 3 is 2.00 bits per heavy atom. The highest BCUT2D eigenvalue weighted by Crippen LogP contribution is 2.30. The zero-order valence-electron chi connectivity index (χ0n) is 15.0. The molecule has 0 radical (unpaired) electrons. The van der Waals surface area contributed by atoms with E-state index in [1.807, 2.05) is 12.1 Å². The van der Waals surface area contributed by atoms with Gasteiger partial charge in [-0.2, -0.15) is 0 Å². The van der Waals surface area contributed by atoms with E-state index in [1.54, 1.807) is 42.5 Å². The highest BCUT2D eigenvalue weighted by atomic mass is 32.2. The van der Waals surface area contributed by atoms with E-state index in [2.05, 4.69) is 5.32 Å². The van der Waals surface area contributed by atoms with Crippen LogP contribution in [-0.2, 0) is 11.2 Å². The largest absolute Gasteiger partial charge is 0.326 e. The van der Waals surface area contributed by atoms with Gasteiger partial charge in [0.15, 0.2) is 0 Å². The van der Waals surface area contributed by atoms with Gasteiger partial charge in [0, 0.05) is 39.2 Å². The van der Waals surface area contributed by atoms with E-state index in [4.69, 9.17) is 0 Å². The second-order valence-electron chi connectivity index (χ2n) is 5.99. The number of amides is 1. The summed E-state index contributed by atoms with van der Waals surface area (Å²) in [4.78, 5) is 34.8. The molecule has 0 atom stereocenters. The summed E-state index contributed by atoms with van der Waals surface area (Å²) in [7, 11) is 0. The van der Waals surface area contributed by atoms with Crippen molar-refractivity contribution in [3.63, 3.8) is 0 Å². The fraction of sp³-hybridized carbons (Fsp3) is 0.0500. The minimum atomic E-state index is -0.507. The molecule has 0 aliphatic heterocycles. The average Bonchev–Trinajstić information content (AvgIpc) is 2.70. The van der Waals surface area contributed by atoms with Crippen molar-refractivity contribution in [2.24, 2.45) is 0 Å². The second kappa shape index (κ2) is 8.98. The molecule has 0 spiro atoms. The van der Waals surface area contributed by atoms with Crippen LogP contribution in [0, 0.1) is 20.2 Å². The molecule has 3 aromatic rings. The van der Waals surface area contributed by atoms with E-state index in [-0.39, 0.29) is 23.7 Å². The quantitative estimate of drug-likeness (QED) is 0.441. The van der Waals surface area contributed by atoms with Crippen LogP contribution in [0.4, 0.5) is 17.1 Å². The molecule has 0 saturated heterocycles. The molecule has 0 fully saturated rings. The van der Waals surface area contributed by atoms with E-state index in [0.717, 1.165) is 9.79 Å². The Balaban J connectivity index is 1.61. The summed E-state index contributed by atoms with van der Waals surface area (Å²) in [5.74, 6) is -0.352. The van der Waals surface area contributed by atoms with Gasteiger partial charge in [-0.1, -0.05) is 30.0 Å². The molecule has 146 valence electrons. The first kappa shape index (κ1) is 20.0. The predicted molar refractivity (Wildman–Crippen MR) is 109 cm³/mol. The van der Waals surface area contributed by atoms with Gasteiger partial charge in [0.2, 0.25) is 5.91 Å².